The summed E-state index contributed by atoms with van der Waals surface area (Å²) in [5.74, 6) is 0.771. The molecule has 1 nitrogen and oxygen atoms in total. The first-order valence-electron chi connectivity index (χ1n) is 6.65. The van der Waals surface area contributed by atoms with E-state index in [4.69, 9.17) is 11.6 Å². The molecule has 1 aromatic carbocycles. The van der Waals surface area contributed by atoms with Crippen molar-refractivity contribution in [2.75, 3.05) is 7.05 Å². The Labute approximate surface area is 110 Å². The average Bonchev–Trinajstić information content (AvgIpc) is 2.36. The predicted molar refractivity (Wildman–Crippen MR) is 74.6 cm³/mol. The van der Waals surface area contributed by atoms with Crippen molar-refractivity contribution in [1.82, 2.24) is 5.32 Å². The second-order valence-electron chi connectivity index (χ2n) is 5.17. The Bertz CT molecular complexity index is 369. The Hall–Kier alpha value is -0.530. The number of benzene rings is 1. The first-order chi connectivity index (χ1) is 8.22. The van der Waals surface area contributed by atoms with Crippen LogP contribution in [0.15, 0.2) is 18.2 Å². The minimum atomic E-state index is 0.466. The van der Waals surface area contributed by atoms with Gasteiger partial charge in [0.1, 0.15) is 0 Å². The molecule has 0 aliphatic heterocycles. The fourth-order valence-corrected chi connectivity index (χ4v) is 3.13. The summed E-state index contributed by atoms with van der Waals surface area (Å²) in [6.45, 7) is 2.06. The standard InChI is InChI=1S/C15H22ClN/c1-11-8-9-13(10-14(11)16)15(17-2)12-6-4-3-5-7-12/h8-10,12,15,17H,3-7H2,1-2H3. The lowest BCUT2D eigenvalue weighted by Crippen LogP contribution is -2.26. The fraction of sp³-hybridized carbons (Fsp3) is 0.600. The molecule has 0 amide bonds. The molecular formula is C15H22ClN. The van der Waals surface area contributed by atoms with E-state index in [0.29, 0.717) is 6.04 Å². The van der Waals surface area contributed by atoms with Gasteiger partial charge >= 0.3 is 0 Å². The molecule has 0 heterocycles. The highest BCUT2D eigenvalue weighted by Crippen LogP contribution is 2.35. The Kier molecular flexibility index (Phi) is 4.47. The maximum atomic E-state index is 6.23. The first-order valence-corrected chi connectivity index (χ1v) is 7.03. The molecule has 1 aromatic rings. The van der Waals surface area contributed by atoms with Crippen LogP contribution in [-0.2, 0) is 0 Å². The van der Waals surface area contributed by atoms with Crippen molar-refractivity contribution in [2.24, 2.45) is 5.92 Å². The molecule has 1 fully saturated rings. The van der Waals surface area contributed by atoms with E-state index in [0.717, 1.165) is 16.5 Å². The highest BCUT2D eigenvalue weighted by atomic mass is 35.5. The zero-order valence-electron chi connectivity index (χ0n) is 10.8. The third kappa shape index (κ3) is 3.02. The summed E-state index contributed by atoms with van der Waals surface area (Å²) in [5.41, 5.74) is 2.50. The summed E-state index contributed by atoms with van der Waals surface area (Å²) < 4.78 is 0. The Morgan fingerprint density at radius 1 is 1.24 bits per heavy atom. The van der Waals surface area contributed by atoms with Crippen molar-refractivity contribution in [3.8, 4) is 0 Å². The predicted octanol–water partition coefficient (Wildman–Crippen LogP) is 4.49. The topological polar surface area (TPSA) is 12.0 Å². The smallest absolute Gasteiger partial charge is 0.0438 e. The van der Waals surface area contributed by atoms with Crippen LogP contribution >= 0.6 is 11.6 Å². The van der Waals surface area contributed by atoms with Gasteiger partial charge < -0.3 is 5.32 Å². The summed E-state index contributed by atoms with van der Waals surface area (Å²) in [5, 5.41) is 4.36. The highest BCUT2D eigenvalue weighted by molar-refractivity contribution is 6.31. The Balaban J connectivity index is 2.18. The van der Waals surface area contributed by atoms with Gasteiger partial charge in [-0.05, 0) is 49.9 Å². The number of nitrogens with one attached hydrogen (secondary N) is 1. The highest BCUT2D eigenvalue weighted by Gasteiger charge is 2.23. The molecule has 0 spiro atoms. The minimum absolute atomic E-state index is 0.466. The third-order valence-electron chi connectivity index (χ3n) is 3.99. The maximum absolute atomic E-state index is 6.23. The third-order valence-corrected chi connectivity index (χ3v) is 4.39. The molecule has 1 aliphatic carbocycles. The van der Waals surface area contributed by atoms with Gasteiger partial charge in [0, 0.05) is 11.1 Å². The van der Waals surface area contributed by atoms with Gasteiger partial charge in [0.15, 0.2) is 0 Å². The molecule has 1 N–H and O–H groups in total. The van der Waals surface area contributed by atoms with E-state index in [1.807, 2.05) is 0 Å². The van der Waals surface area contributed by atoms with E-state index in [1.165, 1.54) is 37.7 Å². The molecule has 17 heavy (non-hydrogen) atoms. The van der Waals surface area contributed by atoms with Crippen molar-refractivity contribution in [3.05, 3.63) is 34.3 Å². The van der Waals surface area contributed by atoms with Gasteiger partial charge in [0.2, 0.25) is 0 Å². The lowest BCUT2D eigenvalue weighted by molar-refractivity contribution is 0.281. The SMILES string of the molecule is CNC(c1ccc(C)c(Cl)c1)C1CCCCC1. The summed E-state index contributed by atoms with van der Waals surface area (Å²) in [6, 6.07) is 6.95. The molecule has 0 bridgehead atoms. The van der Waals surface area contributed by atoms with Crippen LogP contribution in [0.5, 0.6) is 0 Å². The average molecular weight is 252 g/mol. The van der Waals surface area contributed by atoms with Crippen LogP contribution in [-0.4, -0.2) is 7.05 Å². The largest absolute Gasteiger partial charge is 0.313 e. The van der Waals surface area contributed by atoms with Gasteiger partial charge in [-0.15, -0.1) is 0 Å². The van der Waals surface area contributed by atoms with Crippen LogP contribution in [0.3, 0.4) is 0 Å². The van der Waals surface area contributed by atoms with E-state index < -0.39 is 0 Å². The van der Waals surface area contributed by atoms with Gasteiger partial charge in [-0.25, -0.2) is 0 Å². The van der Waals surface area contributed by atoms with E-state index >= 15 is 0 Å². The van der Waals surface area contributed by atoms with Crippen LogP contribution in [0.2, 0.25) is 5.02 Å². The van der Waals surface area contributed by atoms with Crippen molar-refractivity contribution >= 4 is 11.6 Å². The summed E-state index contributed by atoms with van der Waals surface area (Å²) in [7, 11) is 2.06. The number of rotatable bonds is 3. The maximum Gasteiger partial charge on any atom is 0.0438 e. The Morgan fingerprint density at radius 3 is 2.53 bits per heavy atom. The zero-order valence-corrected chi connectivity index (χ0v) is 11.6. The molecule has 2 rings (SSSR count). The quantitative estimate of drug-likeness (QED) is 0.835. The molecule has 1 atom stereocenters. The molecule has 1 aliphatic rings. The number of aryl methyl sites for hydroxylation is 1. The summed E-state index contributed by atoms with van der Waals surface area (Å²) in [4.78, 5) is 0. The first kappa shape index (κ1) is 12.9. The number of halogens is 1. The van der Waals surface area contributed by atoms with Crippen LogP contribution in [0.1, 0.15) is 49.3 Å². The van der Waals surface area contributed by atoms with E-state index in [2.05, 4.69) is 37.5 Å². The molecule has 0 radical (unpaired) electrons. The van der Waals surface area contributed by atoms with Crippen LogP contribution in [0.25, 0.3) is 0 Å². The second kappa shape index (κ2) is 5.88. The van der Waals surface area contributed by atoms with Crippen molar-refractivity contribution in [1.29, 1.82) is 0 Å². The van der Waals surface area contributed by atoms with Gasteiger partial charge in [0.25, 0.3) is 0 Å². The van der Waals surface area contributed by atoms with E-state index in [-0.39, 0.29) is 0 Å². The lowest BCUT2D eigenvalue weighted by atomic mass is 9.81. The molecule has 1 saturated carbocycles. The van der Waals surface area contributed by atoms with Crippen LogP contribution in [0.4, 0.5) is 0 Å². The van der Waals surface area contributed by atoms with Gasteiger partial charge in [0.05, 0.1) is 0 Å². The molecule has 0 aromatic heterocycles. The molecule has 0 saturated heterocycles. The van der Waals surface area contributed by atoms with Crippen molar-refractivity contribution < 1.29 is 0 Å². The molecule has 94 valence electrons. The minimum Gasteiger partial charge on any atom is -0.313 e. The normalized spacial score (nSPS) is 19.2. The molecule has 1 unspecified atom stereocenters. The van der Waals surface area contributed by atoms with Crippen LogP contribution < -0.4 is 5.32 Å². The van der Waals surface area contributed by atoms with E-state index in [1.54, 1.807) is 0 Å². The molecule has 2 heteroatoms. The Morgan fingerprint density at radius 2 is 1.94 bits per heavy atom. The number of hydrogen-bond acceptors (Lipinski definition) is 1. The van der Waals surface area contributed by atoms with E-state index in [9.17, 15) is 0 Å². The van der Waals surface area contributed by atoms with Gasteiger partial charge in [-0.3, -0.25) is 0 Å². The number of hydrogen-bond donors (Lipinski definition) is 1. The van der Waals surface area contributed by atoms with Gasteiger partial charge in [-0.2, -0.15) is 0 Å². The van der Waals surface area contributed by atoms with Crippen molar-refractivity contribution in [2.45, 2.75) is 45.1 Å². The zero-order chi connectivity index (χ0) is 12.3. The monoisotopic (exact) mass is 251 g/mol. The lowest BCUT2D eigenvalue weighted by Gasteiger charge is -2.30. The van der Waals surface area contributed by atoms with Crippen LogP contribution in [0, 0.1) is 12.8 Å². The summed E-state index contributed by atoms with van der Waals surface area (Å²) in [6.07, 6.45) is 6.85. The summed E-state index contributed by atoms with van der Waals surface area (Å²) >= 11 is 6.23. The van der Waals surface area contributed by atoms with Crippen molar-refractivity contribution in [3.63, 3.8) is 0 Å². The van der Waals surface area contributed by atoms with Gasteiger partial charge in [-0.1, -0.05) is 43.0 Å². The fourth-order valence-electron chi connectivity index (χ4n) is 2.94. The molecular weight excluding hydrogens is 230 g/mol. The second-order valence-corrected chi connectivity index (χ2v) is 5.58.